The van der Waals surface area contributed by atoms with E-state index in [-0.39, 0.29) is 55.3 Å². The molecule has 2 aromatic carbocycles. The summed E-state index contributed by atoms with van der Waals surface area (Å²) < 4.78 is 35.6. The minimum Gasteiger partial charge on any atom is -0.488 e. The van der Waals surface area contributed by atoms with Crippen LogP contribution in [0.2, 0.25) is 0 Å². The van der Waals surface area contributed by atoms with Crippen molar-refractivity contribution in [2.24, 2.45) is 13.0 Å². The number of carbonyl (C=O) groups excluding carboxylic acids is 2. The number of imidazole rings is 1. The van der Waals surface area contributed by atoms with Gasteiger partial charge >= 0.3 is 0 Å². The number of aliphatic hydroxyl groups is 1. The number of aromatic nitrogens is 2. The van der Waals surface area contributed by atoms with Gasteiger partial charge in [-0.25, -0.2) is 13.4 Å². The van der Waals surface area contributed by atoms with Gasteiger partial charge in [0, 0.05) is 44.0 Å². The molecule has 3 aromatic rings. The summed E-state index contributed by atoms with van der Waals surface area (Å²) in [5, 5.41) is 12.7. The number of amides is 2. The molecule has 1 aliphatic heterocycles. The van der Waals surface area contributed by atoms with Crippen LogP contribution in [0, 0.1) is 5.92 Å². The first kappa shape index (κ1) is 30.2. The molecule has 0 aliphatic carbocycles. The second-order valence-electron chi connectivity index (χ2n) is 10.6. The van der Waals surface area contributed by atoms with Gasteiger partial charge in [-0.15, -0.1) is 0 Å². The van der Waals surface area contributed by atoms with Crippen molar-refractivity contribution in [2.75, 3.05) is 32.1 Å². The maximum absolute atomic E-state index is 13.4. The Labute approximate surface area is 240 Å². The van der Waals surface area contributed by atoms with Crippen LogP contribution in [0.3, 0.4) is 0 Å². The summed E-state index contributed by atoms with van der Waals surface area (Å²) in [6.07, 6.45) is 2.42. The van der Waals surface area contributed by atoms with E-state index >= 15 is 0 Å². The normalized spacial score (nSPS) is 18.6. The lowest BCUT2D eigenvalue weighted by Crippen LogP contribution is -2.48. The number of hydrogen-bond acceptors (Lipinski definition) is 7. The Morgan fingerprint density at radius 1 is 1.24 bits per heavy atom. The average Bonchev–Trinajstić information content (AvgIpc) is 3.40. The molecule has 0 saturated heterocycles. The van der Waals surface area contributed by atoms with E-state index in [0.717, 1.165) is 5.56 Å². The Morgan fingerprint density at radius 3 is 2.63 bits per heavy atom. The maximum atomic E-state index is 13.4. The maximum Gasteiger partial charge on any atom is 0.261 e. The van der Waals surface area contributed by atoms with Crippen molar-refractivity contribution < 1.29 is 27.9 Å². The molecule has 2 N–H and O–H groups in total. The van der Waals surface area contributed by atoms with Gasteiger partial charge in [0.1, 0.15) is 11.9 Å². The molecular weight excluding hydrogens is 546 g/mol. The molecule has 220 valence electrons. The lowest BCUT2D eigenvalue weighted by atomic mass is 10.0. The Kier molecular flexibility index (Phi) is 9.46. The summed E-state index contributed by atoms with van der Waals surface area (Å²) in [7, 11) is -0.723. The molecule has 2 amide bonds. The van der Waals surface area contributed by atoms with Crippen LogP contribution >= 0.6 is 0 Å². The van der Waals surface area contributed by atoms with E-state index in [1.165, 1.54) is 23.9 Å². The number of hydrogen-bond donors (Lipinski definition) is 2. The third-order valence-corrected chi connectivity index (χ3v) is 8.91. The van der Waals surface area contributed by atoms with Crippen molar-refractivity contribution in [1.29, 1.82) is 0 Å². The third-order valence-electron chi connectivity index (χ3n) is 7.20. The number of ether oxygens (including phenoxy) is 1. The van der Waals surface area contributed by atoms with Crippen molar-refractivity contribution in [3.8, 4) is 5.75 Å². The quantitative estimate of drug-likeness (QED) is 0.394. The molecule has 0 saturated carbocycles. The predicted molar refractivity (Wildman–Crippen MR) is 154 cm³/mol. The topological polar surface area (TPSA) is 134 Å². The number of benzene rings is 2. The predicted octanol–water partition coefficient (Wildman–Crippen LogP) is 2.07. The highest BCUT2D eigenvalue weighted by Crippen LogP contribution is 2.30. The first-order chi connectivity index (χ1) is 19.5. The van der Waals surface area contributed by atoms with Crippen LogP contribution in [-0.4, -0.2) is 83.0 Å². The molecule has 1 aromatic heterocycles. The van der Waals surface area contributed by atoms with E-state index in [2.05, 4.69) is 10.3 Å². The number of anilines is 1. The van der Waals surface area contributed by atoms with Gasteiger partial charge in [0.05, 0.1) is 38.4 Å². The Morgan fingerprint density at radius 2 is 1.98 bits per heavy atom. The minimum absolute atomic E-state index is 0.00458. The highest BCUT2D eigenvalue weighted by Gasteiger charge is 2.34. The molecule has 1 aliphatic rings. The zero-order valence-corrected chi connectivity index (χ0v) is 24.5. The Bertz CT molecular complexity index is 1480. The smallest absolute Gasteiger partial charge is 0.261 e. The first-order valence-electron chi connectivity index (χ1n) is 13.5. The number of nitrogens with one attached hydrogen (secondary N) is 1. The molecular formula is C29H37N5O6S. The molecule has 0 bridgehead atoms. The van der Waals surface area contributed by atoms with Gasteiger partial charge in [0.15, 0.2) is 5.03 Å². The number of rotatable bonds is 9. The SMILES string of the molecule is C[C@H](CO)N1C[C@H](C)[C@H](CN(C)S(=O)(=O)c2cn(C)cn2)Oc2ccc(NC(=O)Cc3ccccc3)cc2CC1=O. The summed E-state index contributed by atoms with van der Waals surface area (Å²) in [5.41, 5.74) is 1.94. The minimum atomic E-state index is -3.89. The summed E-state index contributed by atoms with van der Waals surface area (Å²) in [6.45, 7) is 3.69. The number of aliphatic hydroxyl groups excluding tert-OH is 1. The van der Waals surface area contributed by atoms with Gasteiger partial charge in [-0.05, 0) is 30.7 Å². The Balaban J connectivity index is 1.62. The molecule has 2 heterocycles. The molecule has 41 heavy (non-hydrogen) atoms. The lowest BCUT2D eigenvalue weighted by Gasteiger charge is -2.33. The molecule has 0 fully saturated rings. The fourth-order valence-electron chi connectivity index (χ4n) is 4.74. The van der Waals surface area contributed by atoms with E-state index in [1.807, 2.05) is 37.3 Å². The number of aryl methyl sites for hydroxylation is 1. The van der Waals surface area contributed by atoms with Crippen LogP contribution in [0.25, 0.3) is 0 Å². The summed E-state index contributed by atoms with van der Waals surface area (Å²) >= 11 is 0. The zero-order valence-electron chi connectivity index (χ0n) is 23.7. The van der Waals surface area contributed by atoms with Crippen molar-refractivity contribution in [3.05, 3.63) is 72.2 Å². The highest BCUT2D eigenvalue weighted by atomic mass is 32.2. The second-order valence-corrected chi connectivity index (χ2v) is 12.6. The van der Waals surface area contributed by atoms with Gasteiger partial charge in [-0.1, -0.05) is 37.3 Å². The van der Waals surface area contributed by atoms with E-state index < -0.39 is 22.2 Å². The van der Waals surface area contributed by atoms with Crippen LogP contribution < -0.4 is 10.1 Å². The molecule has 3 atom stereocenters. The van der Waals surface area contributed by atoms with Crippen LogP contribution in [-0.2, 0) is 39.5 Å². The van der Waals surface area contributed by atoms with Crippen molar-refractivity contribution >= 4 is 27.5 Å². The number of likely N-dealkylation sites (N-methyl/N-ethyl adjacent to an activating group) is 1. The molecule has 12 heteroatoms. The van der Waals surface area contributed by atoms with Gasteiger partial charge in [0.2, 0.25) is 11.8 Å². The van der Waals surface area contributed by atoms with Crippen LogP contribution in [0.5, 0.6) is 5.75 Å². The molecule has 0 spiro atoms. The van der Waals surface area contributed by atoms with Gasteiger partial charge < -0.3 is 24.6 Å². The summed E-state index contributed by atoms with van der Waals surface area (Å²) in [4.78, 5) is 31.7. The molecule has 0 unspecified atom stereocenters. The van der Waals surface area contributed by atoms with Crippen LogP contribution in [0.1, 0.15) is 25.0 Å². The average molecular weight is 584 g/mol. The van der Waals surface area contributed by atoms with Crippen LogP contribution in [0.15, 0.2) is 66.1 Å². The third kappa shape index (κ3) is 7.32. The molecule has 0 radical (unpaired) electrons. The van der Waals surface area contributed by atoms with Crippen LogP contribution in [0.4, 0.5) is 5.69 Å². The van der Waals surface area contributed by atoms with E-state index in [1.54, 1.807) is 41.6 Å². The standard InChI is InChI=1S/C29H37N5O6S/c1-20-15-34(21(2)18-35)29(37)14-23-13-24(31-27(36)12-22-8-6-5-7-9-22)10-11-25(23)40-26(20)16-33(4)41(38,39)28-17-32(3)19-30-28/h5-11,13,17,19-21,26,35H,12,14-16,18H2,1-4H3,(H,31,36)/t20-,21+,26-/m0/s1. The fraction of sp³-hybridized carbons (Fsp3) is 0.414. The number of nitrogens with zero attached hydrogens (tertiary/aromatic N) is 4. The summed E-state index contributed by atoms with van der Waals surface area (Å²) in [6, 6.07) is 14.0. The van der Waals surface area contributed by atoms with Crippen molar-refractivity contribution in [2.45, 2.75) is 43.9 Å². The molecule has 11 nitrogen and oxygen atoms in total. The van der Waals surface area contributed by atoms with E-state index in [9.17, 15) is 23.1 Å². The van der Waals surface area contributed by atoms with Gasteiger partial charge in [-0.2, -0.15) is 4.31 Å². The monoisotopic (exact) mass is 583 g/mol. The van der Waals surface area contributed by atoms with E-state index in [4.69, 9.17) is 4.74 Å². The zero-order chi connectivity index (χ0) is 29.7. The van der Waals surface area contributed by atoms with Crippen molar-refractivity contribution in [1.82, 2.24) is 18.8 Å². The van der Waals surface area contributed by atoms with Gasteiger partial charge in [-0.3, -0.25) is 9.59 Å². The fourth-order valence-corrected chi connectivity index (χ4v) is 5.89. The number of fused-ring (bicyclic) bond motifs is 1. The first-order valence-corrected chi connectivity index (χ1v) is 14.9. The number of sulfonamides is 1. The lowest BCUT2D eigenvalue weighted by molar-refractivity contribution is -0.134. The van der Waals surface area contributed by atoms with Crippen molar-refractivity contribution in [3.63, 3.8) is 0 Å². The van der Waals surface area contributed by atoms with Gasteiger partial charge in [0.25, 0.3) is 10.0 Å². The number of carbonyl (C=O) groups is 2. The summed E-state index contributed by atoms with van der Waals surface area (Å²) in [5.74, 6) is -0.259. The molecule has 4 rings (SSSR count). The largest absolute Gasteiger partial charge is 0.488 e. The highest BCUT2D eigenvalue weighted by molar-refractivity contribution is 7.89. The van der Waals surface area contributed by atoms with E-state index in [0.29, 0.717) is 17.0 Å². The Hall–Kier alpha value is -3.74. The second kappa shape index (κ2) is 12.8.